The summed E-state index contributed by atoms with van der Waals surface area (Å²) in [5.41, 5.74) is 0. The normalized spacial score (nSPS) is 12.7. The molecule has 0 aromatic heterocycles. The van der Waals surface area contributed by atoms with Crippen molar-refractivity contribution < 1.29 is 16.9 Å². The summed E-state index contributed by atoms with van der Waals surface area (Å²) >= 11 is 0. The molecule has 0 heterocycles. The Balaban J connectivity index is 0. The van der Waals surface area contributed by atoms with Crippen molar-refractivity contribution in [2.24, 2.45) is 0 Å². The lowest BCUT2D eigenvalue weighted by Crippen LogP contribution is -3.00. The Bertz CT molecular complexity index is 316. The third kappa shape index (κ3) is 20.2. The van der Waals surface area contributed by atoms with Gasteiger partial charge < -0.3 is 16.9 Å². The standard InChI is InChI=1S/C28H60N.ClH/c1-6-9-11-12-13-14-15-16-17-18-19-20-21-22-23-25-27-29(4,5)28(8-3)26-24-10-7-2;/h28H,6-27H2,1-5H3;1H/q+1;/p-1. The topological polar surface area (TPSA) is 0 Å². The maximum Gasteiger partial charge on any atom is 0.0883 e. The van der Waals surface area contributed by atoms with Crippen LogP contribution in [0.1, 0.15) is 156 Å². The van der Waals surface area contributed by atoms with Gasteiger partial charge in [0.2, 0.25) is 0 Å². The predicted octanol–water partition coefficient (Wildman–Crippen LogP) is 6.69. The van der Waals surface area contributed by atoms with Gasteiger partial charge in [-0.1, -0.05) is 124 Å². The van der Waals surface area contributed by atoms with E-state index in [4.69, 9.17) is 0 Å². The van der Waals surface area contributed by atoms with Gasteiger partial charge in [-0.05, 0) is 32.1 Å². The number of unbranched alkanes of at least 4 members (excludes halogenated alkanes) is 17. The van der Waals surface area contributed by atoms with Crippen LogP contribution in [0, 0.1) is 0 Å². The monoisotopic (exact) mass is 445 g/mol. The van der Waals surface area contributed by atoms with Crippen molar-refractivity contribution in [2.45, 2.75) is 162 Å². The maximum atomic E-state index is 2.48. The fourth-order valence-corrected chi connectivity index (χ4v) is 4.93. The number of rotatable bonds is 23. The molecule has 0 aliphatic carbocycles. The first-order valence-electron chi connectivity index (χ1n) is 13.9. The zero-order chi connectivity index (χ0) is 21.6. The Morgan fingerprint density at radius 1 is 0.467 bits per heavy atom. The minimum atomic E-state index is 0. The zero-order valence-electron chi connectivity index (χ0n) is 22.0. The van der Waals surface area contributed by atoms with Gasteiger partial charge in [-0.2, -0.15) is 0 Å². The van der Waals surface area contributed by atoms with Gasteiger partial charge in [0.15, 0.2) is 0 Å². The highest BCUT2D eigenvalue weighted by Crippen LogP contribution is 2.20. The molecule has 0 fully saturated rings. The molecule has 0 spiro atoms. The lowest BCUT2D eigenvalue weighted by atomic mass is 10.0. The molecule has 0 aliphatic heterocycles. The minimum absolute atomic E-state index is 0. The van der Waals surface area contributed by atoms with Crippen LogP contribution in [-0.2, 0) is 0 Å². The second kappa shape index (κ2) is 23.9. The van der Waals surface area contributed by atoms with Crippen molar-refractivity contribution in [1.29, 1.82) is 0 Å². The fourth-order valence-electron chi connectivity index (χ4n) is 4.93. The van der Waals surface area contributed by atoms with E-state index >= 15 is 0 Å². The first-order chi connectivity index (χ1) is 14.1. The second-order valence-electron chi connectivity index (χ2n) is 10.4. The third-order valence-electron chi connectivity index (χ3n) is 7.19. The largest absolute Gasteiger partial charge is 1.00 e. The van der Waals surface area contributed by atoms with Crippen LogP contribution in [0.3, 0.4) is 0 Å². The molecule has 2 heteroatoms. The molecular formula is C28H60ClN. The van der Waals surface area contributed by atoms with Crippen molar-refractivity contribution in [1.82, 2.24) is 0 Å². The third-order valence-corrected chi connectivity index (χ3v) is 7.19. The number of hydrogen-bond donors (Lipinski definition) is 0. The number of quaternary nitrogens is 1. The molecular weight excluding hydrogens is 386 g/mol. The van der Waals surface area contributed by atoms with E-state index in [1.165, 1.54) is 146 Å². The molecule has 0 radical (unpaired) electrons. The molecule has 0 saturated heterocycles. The van der Waals surface area contributed by atoms with Gasteiger partial charge in [0.25, 0.3) is 0 Å². The fraction of sp³-hybridized carbons (Fsp3) is 1.00. The molecule has 0 rings (SSSR count). The van der Waals surface area contributed by atoms with Crippen molar-refractivity contribution in [3.05, 3.63) is 0 Å². The highest BCUT2D eigenvalue weighted by atomic mass is 35.5. The van der Waals surface area contributed by atoms with Gasteiger partial charge in [-0.15, -0.1) is 0 Å². The summed E-state index contributed by atoms with van der Waals surface area (Å²) in [7, 11) is 4.95. The molecule has 30 heavy (non-hydrogen) atoms. The van der Waals surface area contributed by atoms with Crippen molar-refractivity contribution in [3.63, 3.8) is 0 Å². The smallest absolute Gasteiger partial charge is 0.0883 e. The van der Waals surface area contributed by atoms with Gasteiger partial charge in [0.05, 0.1) is 26.7 Å². The summed E-state index contributed by atoms with van der Waals surface area (Å²) in [5, 5.41) is 0. The van der Waals surface area contributed by atoms with Crippen LogP contribution < -0.4 is 12.4 Å². The van der Waals surface area contributed by atoms with Crippen molar-refractivity contribution >= 4 is 0 Å². The average Bonchev–Trinajstić information content (AvgIpc) is 2.70. The average molecular weight is 446 g/mol. The van der Waals surface area contributed by atoms with Crippen LogP contribution in [0.2, 0.25) is 0 Å². The maximum absolute atomic E-state index is 2.48. The van der Waals surface area contributed by atoms with E-state index < -0.39 is 0 Å². The summed E-state index contributed by atoms with van der Waals surface area (Å²) in [4.78, 5) is 0. The zero-order valence-corrected chi connectivity index (χ0v) is 22.7. The predicted molar refractivity (Wildman–Crippen MR) is 135 cm³/mol. The van der Waals surface area contributed by atoms with Crippen LogP contribution >= 0.6 is 0 Å². The van der Waals surface area contributed by atoms with Gasteiger partial charge >= 0.3 is 0 Å². The van der Waals surface area contributed by atoms with E-state index in [1.54, 1.807) is 0 Å². The molecule has 0 N–H and O–H groups in total. The molecule has 0 bridgehead atoms. The molecule has 0 amide bonds. The van der Waals surface area contributed by atoms with Gasteiger partial charge in [-0.25, -0.2) is 0 Å². The molecule has 1 unspecified atom stereocenters. The second-order valence-corrected chi connectivity index (χ2v) is 10.4. The van der Waals surface area contributed by atoms with Crippen LogP contribution in [0.25, 0.3) is 0 Å². The Labute approximate surface area is 199 Å². The first-order valence-corrected chi connectivity index (χ1v) is 13.9. The lowest BCUT2D eigenvalue weighted by Gasteiger charge is -2.38. The van der Waals surface area contributed by atoms with Gasteiger partial charge in [0.1, 0.15) is 0 Å². The molecule has 0 aromatic carbocycles. The highest BCUT2D eigenvalue weighted by Gasteiger charge is 2.25. The molecule has 0 aliphatic rings. The van der Waals surface area contributed by atoms with E-state index in [9.17, 15) is 0 Å². The summed E-state index contributed by atoms with van der Waals surface area (Å²) in [5.74, 6) is 0. The van der Waals surface area contributed by atoms with E-state index in [1.807, 2.05) is 0 Å². The lowest BCUT2D eigenvalue weighted by molar-refractivity contribution is -0.915. The molecule has 0 aromatic rings. The minimum Gasteiger partial charge on any atom is -1.00 e. The summed E-state index contributed by atoms with van der Waals surface area (Å²) in [6, 6.07) is 0.873. The van der Waals surface area contributed by atoms with E-state index in [0.717, 1.165) is 6.04 Å². The molecule has 1 atom stereocenters. The van der Waals surface area contributed by atoms with Crippen molar-refractivity contribution in [3.8, 4) is 0 Å². The Kier molecular flexibility index (Phi) is 25.8. The van der Waals surface area contributed by atoms with Crippen LogP contribution in [0.4, 0.5) is 0 Å². The van der Waals surface area contributed by atoms with Gasteiger partial charge in [0, 0.05) is 0 Å². The molecule has 184 valence electrons. The Morgan fingerprint density at radius 3 is 1.17 bits per heavy atom. The number of hydrogen-bond acceptors (Lipinski definition) is 0. The summed E-state index contributed by atoms with van der Waals surface area (Å²) in [6.07, 6.45) is 30.4. The van der Waals surface area contributed by atoms with E-state index in [0.29, 0.717) is 0 Å². The Morgan fingerprint density at radius 2 is 0.800 bits per heavy atom. The molecule has 0 saturated carbocycles. The SMILES string of the molecule is CCCCCCCCCCCCCCCCCC[N+](C)(C)C(CC)CCCCC.[Cl-]. The van der Waals surface area contributed by atoms with Crippen LogP contribution in [0.15, 0.2) is 0 Å². The Hall–Kier alpha value is 0.250. The van der Waals surface area contributed by atoms with E-state index in [2.05, 4.69) is 34.9 Å². The number of halogens is 1. The quantitative estimate of drug-likeness (QED) is 0.121. The van der Waals surface area contributed by atoms with Gasteiger partial charge in [-0.3, -0.25) is 0 Å². The van der Waals surface area contributed by atoms with Crippen molar-refractivity contribution in [2.75, 3.05) is 20.6 Å². The summed E-state index contributed by atoms with van der Waals surface area (Å²) < 4.78 is 1.25. The number of nitrogens with zero attached hydrogens (tertiary/aromatic N) is 1. The highest BCUT2D eigenvalue weighted by molar-refractivity contribution is 4.58. The molecule has 1 nitrogen and oxygen atoms in total. The first kappa shape index (κ1) is 32.4. The van der Waals surface area contributed by atoms with E-state index in [-0.39, 0.29) is 12.4 Å². The van der Waals surface area contributed by atoms with Crippen LogP contribution in [0.5, 0.6) is 0 Å². The van der Waals surface area contributed by atoms with Crippen LogP contribution in [-0.4, -0.2) is 31.2 Å². The summed E-state index contributed by atoms with van der Waals surface area (Å²) in [6.45, 7) is 8.39.